The fraction of sp³-hybridized carbons (Fsp3) is 0.538. The van der Waals surface area contributed by atoms with Crippen molar-refractivity contribution < 1.29 is 4.79 Å². The van der Waals surface area contributed by atoms with Crippen LogP contribution in [-0.4, -0.2) is 46.9 Å². The topological polar surface area (TPSA) is 36.4 Å². The number of halogens is 1. The van der Waals surface area contributed by atoms with Crippen LogP contribution in [0.5, 0.6) is 0 Å². The summed E-state index contributed by atoms with van der Waals surface area (Å²) in [7, 11) is 1.89. The maximum atomic E-state index is 11.8. The summed E-state index contributed by atoms with van der Waals surface area (Å²) in [6, 6.07) is 4.65. The third-order valence-corrected chi connectivity index (χ3v) is 4.23. The minimum absolute atomic E-state index is 0.208. The van der Waals surface area contributed by atoms with Gasteiger partial charge in [0.2, 0.25) is 5.91 Å². The Morgan fingerprint density at radius 2 is 2.22 bits per heavy atom. The van der Waals surface area contributed by atoms with Crippen LogP contribution in [0.3, 0.4) is 0 Å². The number of rotatable bonds is 1. The van der Waals surface area contributed by atoms with Crippen molar-refractivity contribution in [3.63, 3.8) is 0 Å². The van der Waals surface area contributed by atoms with E-state index in [0.29, 0.717) is 23.8 Å². The molecular formula is C13H16ClN3O. The van der Waals surface area contributed by atoms with Crippen LogP contribution in [0.4, 0.5) is 0 Å². The number of carbonyl (C=O) groups excluding carboxylic acids is 1. The number of hydrogen-bond donors (Lipinski definition) is 0. The molecule has 0 N–H and O–H groups in total. The summed E-state index contributed by atoms with van der Waals surface area (Å²) in [4.78, 5) is 20.1. The van der Waals surface area contributed by atoms with E-state index < -0.39 is 0 Å². The number of likely N-dealkylation sites (N-methyl/N-ethyl adjacent to an activating group) is 1. The van der Waals surface area contributed by atoms with Crippen molar-refractivity contribution in [1.29, 1.82) is 0 Å². The number of nitrogens with zero attached hydrogens (tertiary/aromatic N) is 3. The van der Waals surface area contributed by atoms with Crippen LogP contribution in [0, 0.1) is 0 Å². The number of pyridine rings is 1. The molecule has 2 saturated heterocycles. The van der Waals surface area contributed by atoms with Crippen molar-refractivity contribution >= 4 is 17.5 Å². The third kappa shape index (κ3) is 1.99. The largest absolute Gasteiger partial charge is 0.343 e. The molecule has 96 valence electrons. The van der Waals surface area contributed by atoms with Crippen LogP contribution in [0.25, 0.3) is 0 Å². The normalized spacial score (nSPS) is 28.6. The van der Waals surface area contributed by atoms with Crippen molar-refractivity contribution in [2.24, 2.45) is 0 Å². The molecule has 18 heavy (non-hydrogen) atoms. The van der Waals surface area contributed by atoms with E-state index in [2.05, 4.69) is 9.88 Å². The lowest BCUT2D eigenvalue weighted by molar-refractivity contribution is -0.136. The molecule has 1 amide bonds. The molecule has 1 aromatic heterocycles. The van der Waals surface area contributed by atoms with Gasteiger partial charge < -0.3 is 4.90 Å². The first-order valence-corrected chi connectivity index (χ1v) is 6.64. The number of fused-ring (bicyclic) bond motifs is 1. The van der Waals surface area contributed by atoms with Gasteiger partial charge in [0, 0.05) is 31.9 Å². The highest BCUT2D eigenvalue weighted by Crippen LogP contribution is 2.37. The summed E-state index contributed by atoms with van der Waals surface area (Å²) in [6.45, 7) is 1.37. The molecular weight excluding hydrogens is 250 g/mol. The molecule has 0 spiro atoms. The molecule has 4 nitrogen and oxygen atoms in total. The van der Waals surface area contributed by atoms with Crippen LogP contribution in [0.2, 0.25) is 5.15 Å². The van der Waals surface area contributed by atoms with Crippen LogP contribution >= 0.6 is 11.6 Å². The summed E-state index contributed by atoms with van der Waals surface area (Å²) < 4.78 is 0. The minimum atomic E-state index is 0.208. The Bertz CT molecular complexity index is 462. The molecule has 0 bridgehead atoms. The molecule has 5 heteroatoms. The highest BCUT2D eigenvalue weighted by molar-refractivity contribution is 6.29. The lowest BCUT2D eigenvalue weighted by Crippen LogP contribution is -2.52. The van der Waals surface area contributed by atoms with Crippen LogP contribution < -0.4 is 0 Å². The molecule has 2 atom stereocenters. The van der Waals surface area contributed by atoms with Gasteiger partial charge in [0.1, 0.15) is 5.15 Å². The second-order valence-electron chi connectivity index (χ2n) is 5.11. The molecule has 3 rings (SSSR count). The van der Waals surface area contributed by atoms with E-state index in [1.54, 1.807) is 0 Å². The zero-order valence-corrected chi connectivity index (χ0v) is 11.1. The van der Waals surface area contributed by atoms with Crippen LogP contribution in [0.15, 0.2) is 18.3 Å². The van der Waals surface area contributed by atoms with E-state index in [-0.39, 0.29) is 5.91 Å². The average Bonchev–Trinajstić information content (AvgIpc) is 2.74. The average molecular weight is 266 g/mol. The summed E-state index contributed by atoms with van der Waals surface area (Å²) in [5, 5.41) is 0.516. The first-order valence-electron chi connectivity index (χ1n) is 6.26. The van der Waals surface area contributed by atoms with E-state index in [0.717, 1.165) is 19.4 Å². The van der Waals surface area contributed by atoms with Gasteiger partial charge in [0.15, 0.2) is 0 Å². The summed E-state index contributed by atoms with van der Waals surface area (Å²) in [5.74, 6) is 0.208. The summed E-state index contributed by atoms with van der Waals surface area (Å²) in [6.07, 6.45) is 4.07. The standard InChI is InChI=1S/C13H16ClN3O/c1-16-7-10-3-4-11(17(10)8-13(16)18)9-2-5-12(14)15-6-9/h2,5-6,10-11H,3-4,7-8H2,1H3/t10-,11?/m0/s1. The highest BCUT2D eigenvalue weighted by Gasteiger charge is 2.40. The molecule has 0 saturated carbocycles. The molecule has 2 aliphatic heterocycles. The monoisotopic (exact) mass is 265 g/mol. The minimum Gasteiger partial charge on any atom is -0.343 e. The maximum absolute atomic E-state index is 11.8. The lowest BCUT2D eigenvalue weighted by Gasteiger charge is -2.37. The van der Waals surface area contributed by atoms with Gasteiger partial charge in [-0.3, -0.25) is 9.69 Å². The predicted octanol–water partition coefficient (Wildman–Crippen LogP) is 1.71. The quantitative estimate of drug-likeness (QED) is 0.726. The van der Waals surface area contributed by atoms with Crippen LogP contribution in [-0.2, 0) is 4.79 Å². The van der Waals surface area contributed by atoms with Crippen molar-refractivity contribution in [1.82, 2.24) is 14.8 Å². The van der Waals surface area contributed by atoms with Gasteiger partial charge in [-0.2, -0.15) is 0 Å². The maximum Gasteiger partial charge on any atom is 0.236 e. The van der Waals surface area contributed by atoms with Gasteiger partial charge in [-0.05, 0) is 24.5 Å². The Kier molecular flexibility index (Phi) is 2.99. The Balaban J connectivity index is 1.83. The predicted molar refractivity (Wildman–Crippen MR) is 69.4 cm³/mol. The fourth-order valence-corrected chi connectivity index (χ4v) is 3.12. The number of amides is 1. The number of aromatic nitrogens is 1. The molecule has 0 radical (unpaired) electrons. The number of piperazine rings is 1. The molecule has 2 fully saturated rings. The van der Waals surface area contributed by atoms with Gasteiger partial charge in [-0.25, -0.2) is 4.98 Å². The SMILES string of the molecule is CN1C[C@@H]2CCC(c3ccc(Cl)nc3)N2CC1=O. The van der Waals surface area contributed by atoms with E-state index in [1.807, 2.05) is 30.3 Å². The summed E-state index contributed by atoms with van der Waals surface area (Å²) >= 11 is 5.81. The smallest absolute Gasteiger partial charge is 0.236 e. The van der Waals surface area contributed by atoms with Gasteiger partial charge in [-0.1, -0.05) is 17.7 Å². The van der Waals surface area contributed by atoms with Crippen LogP contribution in [0.1, 0.15) is 24.4 Å². The number of hydrogen-bond acceptors (Lipinski definition) is 3. The second kappa shape index (κ2) is 4.52. The molecule has 0 aromatic carbocycles. The van der Waals surface area contributed by atoms with Crippen molar-refractivity contribution in [3.05, 3.63) is 29.0 Å². The van der Waals surface area contributed by atoms with Crippen molar-refractivity contribution in [2.75, 3.05) is 20.1 Å². The Hall–Kier alpha value is -1.13. The Labute approximate surface area is 112 Å². The Morgan fingerprint density at radius 3 is 2.94 bits per heavy atom. The molecule has 2 aliphatic rings. The molecule has 1 aromatic rings. The Morgan fingerprint density at radius 1 is 1.39 bits per heavy atom. The first-order chi connectivity index (χ1) is 8.65. The van der Waals surface area contributed by atoms with Gasteiger partial charge in [0.05, 0.1) is 6.54 Å². The highest BCUT2D eigenvalue weighted by atomic mass is 35.5. The van der Waals surface area contributed by atoms with Crippen molar-refractivity contribution in [3.8, 4) is 0 Å². The molecule has 0 aliphatic carbocycles. The lowest BCUT2D eigenvalue weighted by atomic mass is 10.1. The fourth-order valence-electron chi connectivity index (χ4n) is 3.01. The first kappa shape index (κ1) is 11.9. The van der Waals surface area contributed by atoms with Gasteiger partial charge >= 0.3 is 0 Å². The summed E-state index contributed by atoms with van der Waals surface area (Å²) in [5.41, 5.74) is 1.17. The van der Waals surface area contributed by atoms with E-state index >= 15 is 0 Å². The number of carbonyl (C=O) groups is 1. The van der Waals surface area contributed by atoms with E-state index in [4.69, 9.17) is 11.6 Å². The van der Waals surface area contributed by atoms with E-state index in [9.17, 15) is 4.79 Å². The molecule has 3 heterocycles. The molecule has 1 unspecified atom stereocenters. The van der Waals surface area contributed by atoms with Crippen molar-refractivity contribution in [2.45, 2.75) is 24.9 Å². The van der Waals surface area contributed by atoms with E-state index in [1.165, 1.54) is 5.56 Å². The van der Waals surface area contributed by atoms with Gasteiger partial charge in [-0.15, -0.1) is 0 Å². The zero-order valence-electron chi connectivity index (χ0n) is 10.3. The zero-order chi connectivity index (χ0) is 12.7. The second-order valence-corrected chi connectivity index (χ2v) is 5.50. The van der Waals surface area contributed by atoms with Gasteiger partial charge in [0.25, 0.3) is 0 Å². The third-order valence-electron chi connectivity index (χ3n) is 4.01.